The Hall–Kier alpha value is -0.520. The second-order valence-corrected chi connectivity index (χ2v) is 6.55. The van der Waals surface area contributed by atoms with Gasteiger partial charge in [-0.3, -0.25) is 4.79 Å². The summed E-state index contributed by atoms with van der Waals surface area (Å²) in [5, 5.41) is 0.656. The van der Waals surface area contributed by atoms with Gasteiger partial charge in [0.1, 0.15) is 16.8 Å². The molecule has 3 nitrogen and oxygen atoms in total. The quantitative estimate of drug-likeness (QED) is 0.795. The highest BCUT2D eigenvalue weighted by molar-refractivity contribution is 9.10. The number of halogens is 2. The fourth-order valence-corrected chi connectivity index (χ4v) is 3.47. The molecule has 1 heterocycles. The molecule has 3 rings (SSSR count). The van der Waals surface area contributed by atoms with Crippen molar-refractivity contribution in [1.29, 1.82) is 0 Å². The third-order valence-corrected chi connectivity index (χ3v) is 4.82. The first-order valence-electron chi connectivity index (χ1n) is 5.74. The zero-order chi connectivity index (χ0) is 12.7. The topological polar surface area (TPSA) is 42.9 Å². The van der Waals surface area contributed by atoms with Crippen molar-refractivity contribution < 1.29 is 4.79 Å². The van der Waals surface area contributed by atoms with Gasteiger partial charge in [0.25, 0.3) is 0 Å². The van der Waals surface area contributed by atoms with Crippen molar-refractivity contribution in [2.45, 2.75) is 24.1 Å². The van der Waals surface area contributed by atoms with Crippen molar-refractivity contribution >= 4 is 56.1 Å². The van der Waals surface area contributed by atoms with E-state index in [1.54, 1.807) is 0 Å². The molecular formula is C12H10BrClN2OS. The normalized spacial score (nSPS) is 17.0. The van der Waals surface area contributed by atoms with E-state index in [-0.39, 0.29) is 16.5 Å². The van der Waals surface area contributed by atoms with Gasteiger partial charge in [0.15, 0.2) is 0 Å². The molecule has 0 amide bonds. The Kier molecular flexibility index (Phi) is 3.38. The predicted octanol–water partition coefficient (Wildman–Crippen LogP) is 3.63. The van der Waals surface area contributed by atoms with Crippen LogP contribution in [-0.2, 0) is 11.2 Å². The molecule has 1 fully saturated rings. The zero-order valence-corrected chi connectivity index (χ0v) is 12.6. The van der Waals surface area contributed by atoms with Gasteiger partial charge in [-0.1, -0.05) is 27.5 Å². The van der Waals surface area contributed by atoms with E-state index in [9.17, 15) is 4.79 Å². The molecule has 0 N–H and O–H groups in total. The number of hydrogen-bond donors (Lipinski definition) is 0. The van der Waals surface area contributed by atoms with Crippen LogP contribution in [0.25, 0.3) is 11.0 Å². The summed E-state index contributed by atoms with van der Waals surface area (Å²) in [7, 11) is 0. The first-order chi connectivity index (χ1) is 8.66. The fourth-order valence-electron chi connectivity index (χ4n) is 1.98. The van der Waals surface area contributed by atoms with Crippen LogP contribution < -0.4 is 0 Å². The van der Waals surface area contributed by atoms with Gasteiger partial charge in [-0.15, -0.1) is 0 Å². The molecule has 0 bridgehead atoms. The second kappa shape index (κ2) is 4.87. The van der Waals surface area contributed by atoms with Gasteiger partial charge in [-0.25, -0.2) is 0 Å². The number of hydrogen-bond acceptors (Lipinski definition) is 4. The summed E-state index contributed by atoms with van der Waals surface area (Å²) in [6.07, 6.45) is 2.63. The van der Waals surface area contributed by atoms with Gasteiger partial charge in [0.2, 0.25) is 0 Å². The van der Waals surface area contributed by atoms with E-state index in [2.05, 4.69) is 24.7 Å². The molecule has 0 radical (unpaired) electrons. The van der Waals surface area contributed by atoms with Crippen LogP contribution in [0.4, 0.5) is 0 Å². The lowest BCUT2D eigenvalue weighted by molar-refractivity contribution is -0.119. The highest BCUT2D eigenvalue weighted by Crippen LogP contribution is 2.35. The molecule has 1 atom stereocenters. The number of aromatic nitrogens is 2. The lowest BCUT2D eigenvalue weighted by atomic mass is 10.0. The Labute approximate surface area is 122 Å². The number of fused-ring (bicyclic) bond motifs is 1. The molecule has 1 unspecified atom stereocenters. The van der Waals surface area contributed by atoms with Crippen molar-refractivity contribution in [3.05, 3.63) is 22.7 Å². The molecular weight excluding hydrogens is 336 g/mol. The van der Waals surface area contributed by atoms with Gasteiger partial charge >= 0.3 is 0 Å². The lowest BCUT2D eigenvalue weighted by Gasteiger charge is -2.10. The van der Waals surface area contributed by atoms with Crippen molar-refractivity contribution in [3.8, 4) is 0 Å². The Morgan fingerprint density at radius 2 is 2.28 bits per heavy atom. The fraction of sp³-hybridized carbons (Fsp3) is 0.417. The zero-order valence-electron chi connectivity index (χ0n) is 9.40. The van der Waals surface area contributed by atoms with E-state index in [1.165, 1.54) is 11.7 Å². The molecule has 0 saturated heterocycles. The molecule has 1 saturated carbocycles. The SMILES string of the molecule is O=C(C(Br)Cc1c(Cl)ccc2nsnc12)C1CC1. The van der Waals surface area contributed by atoms with Crippen molar-refractivity contribution in [1.82, 2.24) is 8.75 Å². The number of carbonyl (C=O) groups excluding carboxylic acids is 1. The summed E-state index contributed by atoms with van der Waals surface area (Å²) in [6, 6.07) is 3.68. The number of nitrogens with zero attached hydrogens (tertiary/aromatic N) is 2. The van der Waals surface area contributed by atoms with Crippen LogP contribution in [0.15, 0.2) is 12.1 Å². The molecule has 0 aliphatic heterocycles. The van der Waals surface area contributed by atoms with Crippen LogP contribution in [-0.4, -0.2) is 19.4 Å². The van der Waals surface area contributed by atoms with E-state index in [1.807, 2.05) is 12.1 Å². The monoisotopic (exact) mass is 344 g/mol. The molecule has 6 heteroatoms. The summed E-state index contributed by atoms with van der Waals surface area (Å²) in [4.78, 5) is 11.8. The van der Waals surface area contributed by atoms with Gasteiger partial charge in [-0.2, -0.15) is 8.75 Å². The second-order valence-electron chi connectivity index (χ2n) is 4.51. The smallest absolute Gasteiger partial charge is 0.149 e. The van der Waals surface area contributed by atoms with Gasteiger partial charge < -0.3 is 0 Å². The van der Waals surface area contributed by atoms with E-state index in [4.69, 9.17) is 11.6 Å². The first-order valence-corrected chi connectivity index (χ1v) is 7.76. The largest absolute Gasteiger partial charge is 0.298 e. The lowest BCUT2D eigenvalue weighted by Crippen LogP contribution is -2.18. The van der Waals surface area contributed by atoms with E-state index in [0.717, 1.165) is 29.4 Å². The highest BCUT2D eigenvalue weighted by Gasteiger charge is 2.34. The molecule has 1 aliphatic rings. The van der Waals surface area contributed by atoms with Gasteiger partial charge in [0.05, 0.1) is 16.6 Å². The summed E-state index contributed by atoms with van der Waals surface area (Å²) in [6.45, 7) is 0. The Morgan fingerprint density at radius 3 is 3.00 bits per heavy atom. The Bertz CT molecular complexity index is 611. The van der Waals surface area contributed by atoms with E-state index >= 15 is 0 Å². The molecule has 1 aromatic heterocycles. The maximum Gasteiger partial charge on any atom is 0.149 e. The maximum absolute atomic E-state index is 12.0. The number of rotatable bonds is 4. The molecule has 0 spiro atoms. The van der Waals surface area contributed by atoms with Crippen LogP contribution in [0.1, 0.15) is 18.4 Å². The minimum absolute atomic E-state index is 0.171. The average Bonchev–Trinajstić information content (AvgIpc) is 3.10. The van der Waals surface area contributed by atoms with Crippen LogP contribution in [0.3, 0.4) is 0 Å². The molecule has 2 aromatic rings. The van der Waals surface area contributed by atoms with Crippen LogP contribution >= 0.6 is 39.3 Å². The minimum atomic E-state index is -0.171. The number of Topliss-reactive ketones (excluding diaryl/α,β-unsaturated/α-hetero) is 1. The van der Waals surface area contributed by atoms with Gasteiger partial charge in [-0.05, 0) is 31.4 Å². The van der Waals surface area contributed by atoms with Crippen molar-refractivity contribution in [3.63, 3.8) is 0 Å². The van der Waals surface area contributed by atoms with Crippen molar-refractivity contribution in [2.75, 3.05) is 0 Å². The van der Waals surface area contributed by atoms with Crippen LogP contribution in [0.2, 0.25) is 5.02 Å². The van der Waals surface area contributed by atoms with E-state index in [0.29, 0.717) is 11.4 Å². The van der Waals surface area contributed by atoms with Crippen LogP contribution in [0.5, 0.6) is 0 Å². The standard InChI is InChI=1S/C12H10BrClN2OS/c13-8(12(17)6-1-2-6)5-7-9(14)3-4-10-11(7)16-18-15-10/h3-4,6,8H,1-2,5H2. The first kappa shape index (κ1) is 12.5. The molecule has 18 heavy (non-hydrogen) atoms. The third-order valence-electron chi connectivity index (χ3n) is 3.15. The summed E-state index contributed by atoms with van der Waals surface area (Å²) >= 11 is 10.9. The summed E-state index contributed by atoms with van der Waals surface area (Å²) < 4.78 is 8.46. The molecule has 1 aliphatic carbocycles. The molecule has 1 aromatic carbocycles. The highest BCUT2D eigenvalue weighted by atomic mass is 79.9. The van der Waals surface area contributed by atoms with Crippen molar-refractivity contribution in [2.24, 2.45) is 5.92 Å². The number of benzene rings is 1. The predicted molar refractivity (Wildman–Crippen MR) is 76.6 cm³/mol. The van der Waals surface area contributed by atoms with Crippen LogP contribution in [0, 0.1) is 5.92 Å². The number of carbonyl (C=O) groups is 1. The summed E-state index contributed by atoms with van der Waals surface area (Å²) in [5.74, 6) is 0.534. The maximum atomic E-state index is 12.0. The number of ketones is 1. The van der Waals surface area contributed by atoms with E-state index < -0.39 is 0 Å². The van der Waals surface area contributed by atoms with Gasteiger partial charge in [0, 0.05) is 16.5 Å². The Balaban J connectivity index is 1.91. The summed E-state index contributed by atoms with van der Waals surface area (Å²) in [5.41, 5.74) is 2.58. The molecule has 94 valence electrons. The third kappa shape index (κ3) is 2.31. The Morgan fingerprint density at radius 1 is 1.50 bits per heavy atom. The average molecular weight is 346 g/mol. The number of alkyl halides is 1. The minimum Gasteiger partial charge on any atom is -0.298 e.